The summed E-state index contributed by atoms with van der Waals surface area (Å²) in [5.74, 6) is -2.28. The molecule has 126 valence electrons. The third-order valence-corrected chi connectivity index (χ3v) is 3.90. The lowest BCUT2D eigenvalue weighted by Crippen LogP contribution is -2.49. The lowest BCUT2D eigenvalue weighted by molar-refractivity contribution is -0.165. The van der Waals surface area contributed by atoms with Crippen molar-refractivity contribution in [3.63, 3.8) is 0 Å². The van der Waals surface area contributed by atoms with Crippen LogP contribution < -0.4 is 0 Å². The second kappa shape index (κ2) is 6.73. The smallest absolute Gasteiger partial charge is 0.363 e. The van der Waals surface area contributed by atoms with Crippen LogP contribution in [-0.4, -0.2) is 29.9 Å². The number of esters is 2. The van der Waals surface area contributed by atoms with Gasteiger partial charge < -0.3 is 9.47 Å². The molecule has 0 saturated heterocycles. The number of cyclic esters (lactones) is 1. The zero-order valence-corrected chi connectivity index (χ0v) is 13.6. The van der Waals surface area contributed by atoms with Crippen LogP contribution in [0.4, 0.5) is 0 Å². The highest BCUT2D eigenvalue weighted by molar-refractivity contribution is 6.28. The van der Waals surface area contributed by atoms with E-state index in [9.17, 15) is 14.4 Å². The fourth-order valence-corrected chi connectivity index (χ4v) is 2.80. The Balaban J connectivity index is 2.18. The van der Waals surface area contributed by atoms with E-state index in [-0.39, 0.29) is 17.7 Å². The first-order valence-electron chi connectivity index (χ1n) is 7.87. The molecule has 0 amide bonds. The Labute approximate surface area is 144 Å². The molecule has 1 heterocycles. The number of rotatable bonds is 5. The SMILES string of the molecule is CCOC(=O)C1(C(=O)c2ccccc2)OC(=O)C=C1c1ccccc1. The molecule has 2 aromatic rings. The Morgan fingerprint density at radius 1 is 1.00 bits per heavy atom. The minimum absolute atomic E-state index is 0.0578. The second-order valence-electron chi connectivity index (χ2n) is 5.44. The minimum atomic E-state index is -2.13. The largest absolute Gasteiger partial charge is 0.462 e. The van der Waals surface area contributed by atoms with Crippen molar-refractivity contribution in [3.8, 4) is 0 Å². The number of ketones is 1. The van der Waals surface area contributed by atoms with Crippen molar-refractivity contribution in [1.82, 2.24) is 0 Å². The molecule has 1 atom stereocenters. The quantitative estimate of drug-likeness (QED) is 0.477. The van der Waals surface area contributed by atoms with Crippen LogP contribution in [0.1, 0.15) is 22.8 Å². The second-order valence-corrected chi connectivity index (χ2v) is 5.44. The molecule has 2 aromatic carbocycles. The van der Waals surface area contributed by atoms with Gasteiger partial charge in [0.15, 0.2) is 0 Å². The zero-order chi connectivity index (χ0) is 17.9. The van der Waals surface area contributed by atoms with Crippen molar-refractivity contribution in [2.45, 2.75) is 12.5 Å². The maximum Gasteiger partial charge on any atom is 0.363 e. The van der Waals surface area contributed by atoms with Crippen LogP contribution in [-0.2, 0) is 19.1 Å². The van der Waals surface area contributed by atoms with Crippen LogP contribution in [0, 0.1) is 0 Å². The molecule has 0 aromatic heterocycles. The molecule has 0 fully saturated rings. The van der Waals surface area contributed by atoms with Crippen LogP contribution in [0.25, 0.3) is 5.57 Å². The van der Waals surface area contributed by atoms with Crippen molar-refractivity contribution >= 4 is 23.3 Å². The number of benzene rings is 2. The third-order valence-electron chi connectivity index (χ3n) is 3.90. The molecule has 0 radical (unpaired) electrons. The monoisotopic (exact) mass is 336 g/mol. The summed E-state index contributed by atoms with van der Waals surface area (Å²) in [4.78, 5) is 38.0. The van der Waals surface area contributed by atoms with E-state index in [1.807, 2.05) is 0 Å². The van der Waals surface area contributed by atoms with Crippen molar-refractivity contribution in [2.24, 2.45) is 0 Å². The zero-order valence-electron chi connectivity index (χ0n) is 13.6. The van der Waals surface area contributed by atoms with Gasteiger partial charge in [0.1, 0.15) is 0 Å². The lowest BCUT2D eigenvalue weighted by Gasteiger charge is -2.27. The van der Waals surface area contributed by atoms with Gasteiger partial charge in [-0.15, -0.1) is 0 Å². The Bertz CT molecular complexity index is 839. The average molecular weight is 336 g/mol. The van der Waals surface area contributed by atoms with Crippen LogP contribution in [0.2, 0.25) is 0 Å². The lowest BCUT2D eigenvalue weighted by atomic mass is 9.82. The van der Waals surface area contributed by atoms with E-state index in [2.05, 4.69) is 0 Å². The molecule has 5 nitrogen and oxygen atoms in total. The average Bonchev–Trinajstić information content (AvgIpc) is 3.01. The predicted octanol–water partition coefficient (Wildman–Crippen LogP) is 2.81. The molecule has 1 aliphatic heterocycles. The highest BCUT2D eigenvalue weighted by Gasteiger charge is 2.58. The van der Waals surface area contributed by atoms with Crippen LogP contribution >= 0.6 is 0 Å². The van der Waals surface area contributed by atoms with Gasteiger partial charge in [-0.25, -0.2) is 9.59 Å². The van der Waals surface area contributed by atoms with Crippen LogP contribution in [0.3, 0.4) is 0 Å². The van der Waals surface area contributed by atoms with E-state index < -0.39 is 23.3 Å². The fourth-order valence-electron chi connectivity index (χ4n) is 2.80. The van der Waals surface area contributed by atoms with Crippen molar-refractivity contribution in [1.29, 1.82) is 0 Å². The normalized spacial score (nSPS) is 19.1. The van der Waals surface area contributed by atoms with E-state index in [0.29, 0.717) is 5.56 Å². The number of carbonyl (C=O) groups is 3. The summed E-state index contributed by atoms with van der Waals surface area (Å²) in [6.07, 6.45) is 1.17. The third kappa shape index (κ3) is 2.85. The maximum absolute atomic E-state index is 13.2. The van der Waals surface area contributed by atoms with Gasteiger partial charge in [-0.2, -0.15) is 0 Å². The van der Waals surface area contributed by atoms with Crippen LogP contribution in [0.5, 0.6) is 0 Å². The van der Waals surface area contributed by atoms with Crippen molar-refractivity contribution < 1.29 is 23.9 Å². The van der Waals surface area contributed by atoms with Gasteiger partial charge in [0.05, 0.1) is 6.61 Å². The summed E-state index contributed by atoms with van der Waals surface area (Å²) < 4.78 is 10.4. The maximum atomic E-state index is 13.2. The van der Waals surface area contributed by atoms with E-state index in [0.717, 1.165) is 0 Å². The van der Waals surface area contributed by atoms with Gasteiger partial charge in [-0.05, 0) is 12.5 Å². The molecule has 0 N–H and O–H groups in total. The Hall–Kier alpha value is -3.21. The number of hydrogen-bond acceptors (Lipinski definition) is 5. The Morgan fingerprint density at radius 3 is 2.20 bits per heavy atom. The number of ether oxygens (including phenoxy) is 2. The molecule has 3 rings (SSSR count). The molecular formula is C20H16O5. The summed E-state index contributed by atoms with van der Waals surface area (Å²) in [7, 11) is 0. The molecule has 5 heteroatoms. The summed E-state index contributed by atoms with van der Waals surface area (Å²) in [6.45, 7) is 1.68. The van der Waals surface area contributed by atoms with Crippen molar-refractivity contribution in [2.75, 3.05) is 6.61 Å². The standard InChI is InChI=1S/C20H16O5/c1-2-24-19(23)20(18(22)15-11-7-4-8-12-15)16(13-17(21)25-20)14-9-5-3-6-10-14/h3-13H,2H2,1H3. The molecule has 0 spiro atoms. The van der Waals surface area contributed by atoms with Gasteiger partial charge in [-0.1, -0.05) is 60.7 Å². The van der Waals surface area contributed by atoms with E-state index >= 15 is 0 Å². The first-order valence-corrected chi connectivity index (χ1v) is 7.87. The Morgan fingerprint density at radius 2 is 1.60 bits per heavy atom. The number of Topliss-reactive ketones (excluding diaryl/α,β-unsaturated/α-hetero) is 1. The fraction of sp³-hybridized carbons (Fsp3) is 0.150. The van der Waals surface area contributed by atoms with E-state index in [1.54, 1.807) is 67.6 Å². The predicted molar refractivity (Wildman–Crippen MR) is 90.6 cm³/mol. The van der Waals surface area contributed by atoms with E-state index in [4.69, 9.17) is 9.47 Å². The number of carbonyl (C=O) groups excluding carboxylic acids is 3. The molecule has 0 saturated carbocycles. The summed E-state index contributed by atoms with van der Waals surface area (Å²) in [5, 5.41) is 0. The first-order chi connectivity index (χ1) is 12.1. The van der Waals surface area contributed by atoms with Gasteiger partial charge in [-0.3, -0.25) is 4.79 Å². The van der Waals surface area contributed by atoms with Crippen molar-refractivity contribution in [3.05, 3.63) is 77.9 Å². The summed E-state index contributed by atoms with van der Waals surface area (Å²) in [5.41, 5.74) is -1.14. The molecule has 0 aliphatic carbocycles. The van der Waals surface area contributed by atoms with Gasteiger partial charge in [0, 0.05) is 17.2 Å². The highest BCUT2D eigenvalue weighted by atomic mass is 16.6. The van der Waals surface area contributed by atoms with Gasteiger partial charge >= 0.3 is 11.9 Å². The molecular weight excluding hydrogens is 320 g/mol. The van der Waals surface area contributed by atoms with E-state index in [1.165, 1.54) is 6.08 Å². The topological polar surface area (TPSA) is 69.7 Å². The minimum Gasteiger partial charge on any atom is -0.462 e. The Kier molecular flexibility index (Phi) is 4.48. The first kappa shape index (κ1) is 16.6. The summed E-state index contributed by atoms with van der Waals surface area (Å²) in [6, 6.07) is 17.0. The number of hydrogen-bond donors (Lipinski definition) is 0. The molecule has 25 heavy (non-hydrogen) atoms. The molecule has 1 unspecified atom stereocenters. The highest BCUT2D eigenvalue weighted by Crippen LogP contribution is 2.39. The van der Waals surface area contributed by atoms with Gasteiger partial charge in [0.2, 0.25) is 5.78 Å². The summed E-state index contributed by atoms with van der Waals surface area (Å²) >= 11 is 0. The molecule has 0 bridgehead atoms. The molecule has 1 aliphatic rings. The van der Waals surface area contributed by atoms with Crippen LogP contribution in [0.15, 0.2) is 66.7 Å². The van der Waals surface area contributed by atoms with Gasteiger partial charge in [0.25, 0.3) is 5.60 Å².